The fraction of sp³-hybridized carbons (Fsp3) is 0.706. The van der Waals surface area contributed by atoms with Crippen LogP contribution in [0.4, 0.5) is 0 Å². The van der Waals surface area contributed by atoms with Gasteiger partial charge < -0.3 is 10.0 Å². The summed E-state index contributed by atoms with van der Waals surface area (Å²) in [5.74, 6) is 0.778. The molecular weight excluding hydrogens is 284 g/mol. The van der Waals surface area contributed by atoms with Gasteiger partial charge in [-0.05, 0) is 50.8 Å². The minimum Gasteiger partial charge on any atom is -0.389 e. The summed E-state index contributed by atoms with van der Waals surface area (Å²) in [4.78, 5) is 6.76. The molecule has 3 nitrogen and oxygen atoms in total. The molecule has 1 saturated heterocycles. The molecule has 1 aliphatic heterocycles. The van der Waals surface area contributed by atoms with E-state index in [9.17, 15) is 5.11 Å². The molecule has 2 heterocycles. The molecule has 1 atom stereocenters. The Balaban J connectivity index is 0.000000774. The van der Waals surface area contributed by atoms with Crippen LogP contribution in [0.1, 0.15) is 51.1 Å². The topological polar surface area (TPSA) is 36.4 Å². The lowest BCUT2D eigenvalue weighted by Crippen LogP contribution is -2.47. The number of hydrogen-bond donors (Lipinski definition) is 1. The highest BCUT2D eigenvalue weighted by Crippen LogP contribution is 2.50. The fourth-order valence-electron chi connectivity index (χ4n) is 3.27. The van der Waals surface area contributed by atoms with Gasteiger partial charge in [-0.1, -0.05) is 25.4 Å². The van der Waals surface area contributed by atoms with E-state index in [-0.39, 0.29) is 5.92 Å². The first-order chi connectivity index (χ1) is 10.1. The van der Waals surface area contributed by atoms with E-state index in [4.69, 9.17) is 11.6 Å². The van der Waals surface area contributed by atoms with Crippen molar-refractivity contribution in [1.82, 2.24) is 9.88 Å². The summed E-state index contributed by atoms with van der Waals surface area (Å²) < 4.78 is 0. The fourth-order valence-corrected chi connectivity index (χ4v) is 3.38. The molecular formula is C17H27ClN2O. The van der Waals surface area contributed by atoms with Crippen molar-refractivity contribution in [2.45, 2.75) is 51.0 Å². The van der Waals surface area contributed by atoms with E-state index in [1.54, 1.807) is 6.20 Å². The van der Waals surface area contributed by atoms with E-state index in [0.717, 1.165) is 31.6 Å². The van der Waals surface area contributed by atoms with E-state index in [2.05, 4.69) is 16.9 Å². The van der Waals surface area contributed by atoms with Gasteiger partial charge in [0.1, 0.15) is 0 Å². The van der Waals surface area contributed by atoms with Crippen molar-refractivity contribution in [3.63, 3.8) is 0 Å². The molecule has 1 aromatic heterocycles. The second kappa shape index (κ2) is 7.08. The van der Waals surface area contributed by atoms with Crippen molar-refractivity contribution in [1.29, 1.82) is 0 Å². The number of pyridine rings is 1. The lowest BCUT2D eigenvalue weighted by Gasteiger charge is -2.42. The van der Waals surface area contributed by atoms with Crippen molar-refractivity contribution < 1.29 is 5.11 Å². The third-order valence-corrected chi connectivity index (χ3v) is 4.82. The predicted octanol–water partition coefficient (Wildman–Crippen LogP) is 3.71. The quantitative estimate of drug-likeness (QED) is 0.924. The average Bonchev–Trinajstić information content (AvgIpc) is 3.32. The number of nitrogens with zero attached hydrogens (tertiary/aromatic N) is 2. The van der Waals surface area contributed by atoms with Crippen molar-refractivity contribution >= 4 is 11.6 Å². The number of halogens is 1. The highest BCUT2D eigenvalue weighted by molar-refractivity contribution is 6.30. The van der Waals surface area contributed by atoms with Crippen LogP contribution in [0.25, 0.3) is 0 Å². The maximum atomic E-state index is 11.1. The highest BCUT2D eigenvalue weighted by Gasteiger charge is 2.48. The van der Waals surface area contributed by atoms with Crippen molar-refractivity contribution in [3.8, 4) is 0 Å². The summed E-state index contributed by atoms with van der Waals surface area (Å²) in [6, 6.07) is 3.87. The second-order valence-corrected chi connectivity index (χ2v) is 6.56. The van der Waals surface area contributed by atoms with Gasteiger partial charge in [0.15, 0.2) is 0 Å². The van der Waals surface area contributed by atoms with Gasteiger partial charge in [0.2, 0.25) is 0 Å². The van der Waals surface area contributed by atoms with Crippen molar-refractivity contribution in [2.24, 2.45) is 5.92 Å². The number of rotatable bonds is 3. The highest BCUT2D eigenvalue weighted by atomic mass is 35.5. The number of likely N-dealkylation sites (tertiary alicyclic amines) is 1. The summed E-state index contributed by atoms with van der Waals surface area (Å²) >= 11 is 5.92. The minimum atomic E-state index is -0.589. The van der Waals surface area contributed by atoms with Crippen LogP contribution in [0.3, 0.4) is 0 Å². The van der Waals surface area contributed by atoms with Crippen LogP contribution in [-0.4, -0.2) is 40.7 Å². The molecule has 21 heavy (non-hydrogen) atoms. The number of aromatic nitrogens is 1. The zero-order chi connectivity index (χ0) is 15.5. The van der Waals surface area contributed by atoms with Gasteiger partial charge in [-0.25, -0.2) is 0 Å². The summed E-state index contributed by atoms with van der Waals surface area (Å²) in [6.45, 7) is 5.93. The largest absolute Gasteiger partial charge is 0.389 e. The molecule has 0 bridgehead atoms. The van der Waals surface area contributed by atoms with Crippen LogP contribution >= 0.6 is 11.6 Å². The molecule has 1 unspecified atom stereocenters. The van der Waals surface area contributed by atoms with E-state index in [1.165, 1.54) is 12.8 Å². The SMILES string of the molecule is CC.CN1CCC(O)(C(c2ccc(Cl)cn2)C2CC2)CC1. The molecule has 3 rings (SSSR count). The molecule has 4 heteroatoms. The van der Waals surface area contributed by atoms with Crippen LogP contribution in [0.5, 0.6) is 0 Å². The third kappa shape index (κ3) is 3.97. The molecule has 0 amide bonds. The summed E-state index contributed by atoms with van der Waals surface area (Å²) in [5, 5.41) is 11.7. The Morgan fingerprint density at radius 3 is 2.38 bits per heavy atom. The predicted molar refractivity (Wildman–Crippen MR) is 87.7 cm³/mol. The zero-order valence-electron chi connectivity index (χ0n) is 13.3. The first-order valence-corrected chi connectivity index (χ1v) is 8.49. The summed E-state index contributed by atoms with van der Waals surface area (Å²) in [6.07, 6.45) is 5.81. The zero-order valence-corrected chi connectivity index (χ0v) is 14.1. The van der Waals surface area contributed by atoms with Gasteiger partial charge in [0.25, 0.3) is 0 Å². The number of piperidine rings is 1. The van der Waals surface area contributed by atoms with Gasteiger partial charge in [-0.2, -0.15) is 0 Å². The van der Waals surface area contributed by atoms with E-state index < -0.39 is 5.60 Å². The standard InChI is InChI=1S/C15H21ClN2O.C2H6/c1-18-8-6-15(19,7-9-18)14(11-2-3-11)13-5-4-12(16)10-17-13;1-2/h4-5,10-11,14,19H,2-3,6-9H2,1H3;1-2H3. The monoisotopic (exact) mass is 310 g/mol. The van der Waals surface area contributed by atoms with Crippen LogP contribution in [-0.2, 0) is 0 Å². The second-order valence-electron chi connectivity index (χ2n) is 6.12. The van der Waals surface area contributed by atoms with Gasteiger partial charge in [0, 0.05) is 30.9 Å². The molecule has 1 N–H and O–H groups in total. The summed E-state index contributed by atoms with van der Waals surface area (Å²) in [5.41, 5.74) is 0.424. The Kier molecular flexibility index (Phi) is 5.64. The Bertz CT molecular complexity index is 437. The molecule has 0 aromatic carbocycles. The maximum Gasteiger partial charge on any atom is 0.0758 e. The maximum absolute atomic E-state index is 11.1. The van der Waals surface area contributed by atoms with Crippen LogP contribution in [0, 0.1) is 5.92 Å². The van der Waals surface area contributed by atoms with Crippen LogP contribution in [0.2, 0.25) is 5.02 Å². The molecule has 0 spiro atoms. The first-order valence-electron chi connectivity index (χ1n) is 8.11. The van der Waals surface area contributed by atoms with Gasteiger partial charge >= 0.3 is 0 Å². The van der Waals surface area contributed by atoms with Gasteiger partial charge in [-0.3, -0.25) is 4.98 Å². The van der Waals surface area contributed by atoms with E-state index in [1.807, 2.05) is 26.0 Å². The molecule has 118 valence electrons. The van der Waals surface area contributed by atoms with Crippen molar-refractivity contribution in [2.75, 3.05) is 20.1 Å². The Labute approximate surface area is 133 Å². The normalized spacial score (nSPS) is 23.1. The smallest absolute Gasteiger partial charge is 0.0758 e. The number of hydrogen-bond acceptors (Lipinski definition) is 3. The molecule has 1 saturated carbocycles. The lowest BCUT2D eigenvalue weighted by molar-refractivity contribution is -0.0450. The van der Waals surface area contributed by atoms with E-state index >= 15 is 0 Å². The molecule has 1 aliphatic carbocycles. The average molecular weight is 311 g/mol. The Morgan fingerprint density at radius 1 is 1.29 bits per heavy atom. The van der Waals surface area contributed by atoms with Crippen LogP contribution < -0.4 is 0 Å². The van der Waals surface area contributed by atoms with E-state index in [0.29, 0.717) is 10.9 Å². The lowest BCUT2D eigenvalue weighted by atomic mass is 9.75. The summed E-state index contributed by atoms with van der Waals surface area (Å²) in [7, 11) is 2.12. The van der Waals surface area contributed by atoms with Crippen LogP contribution in [0.15, 0.2) is 18.3 Å². The van der Waals surface area contributed by atoms with Gasteiger partial charge in [-0.15, -0.1) is 0 Å². The Hall–Kier alpha value is -0.640. The van der Waals surface area contributed by atoms with Gasteiger partial charge in [0.05, 0.1) is 10.6 Å². The Morgan fingerprint density at radius 2 is 1.90 bits per heavy atom. The molecule has 2 fully saturated rings. The number of aliphatic hydroxyl groups is 1. The molecule has 1 aromatic rings. The third-order valence-electron chi connectivity index (χ3n) is 4.59. The van der Waals surface area contributed by atoms with Crippen molar-refractivity contribution in [3.05, 3.63) is 29.0 Å². The minimum absolute atomic E-state index is 0.179. The first kappa shape index (κ1) is 16.7. The molecule has 2 aliphatic rings. The molecule has 0 radical (unpaired) electrons.